The molecule has 0 spiro atoms. The van der Waals surface area contributed by atoms with Crippen LogP contribution in [0, 0.1) is 0 Å². The van der Waals surface area contributed by atoms with E-state index in [-0.39, 0.29) is 32.3 Å². The molecule has 8 nitrogen and oxygen atoms in total. The highest BCUT2D eigenvalue weighted by molar-refractivity contribution is 7.47. The van der Waals surface area contributed by atoms with Crippen molar-refractivity contribution < 1.29 is 32.8 Å². The Bertz CT molecular complexity index is 904. The van der Waals surface area contributed by atoms with Gasteiger partial charge in [0.1, 0.15) is 6.10 Å². The van der Waals surface area contributed by atoms with Gasteiger partial charge in [-0.15, -0.1) is 0 Å². The topological polar surface area (TPSA) is 117 Å². The zero-order valence-electron chi connectivity index (χ0n) is 38.6. The summed E-state index contributed by atoms with van der Waals surface area (Å²) in [6.07, 6.45) is 52.4. The summed E-state index contributed by atoms with van der Waals surface area (Å²) in [5.41, 5.74) is 5.39. The van der Waals surface area contributed by atoms with Gasteiger partial charge >= 0.3 is 13.8 Å². The molecule has 0 aliphatic rings. The van der Waals surface area contributed by atoms with Crippen LogP contribution in [0.25, 0.3) is 0 Å². The van der Waals surface area contributed by atoms with Gasteiger partial charge in [-0.2, -0.15) is 0 Å². The molecule has 346 valence electrons. The van der Waals surface area contributed by atoms with Crippen LogP contribution in [-0.4, -0.2) is 49.9 Å². The maximum atomic E-state index is 12.6. The van der Waals surface area contributed by atoms with Crippen molar-refractivity contribution in [3.8, 4) is 0 Å². The molecule has 0 aromatic heterocycles. The summed E-state index contributed by atoms with van der Waals surface area (Å²) in [6.45, 7) is 4.98. The molecule has 0 bridgehead atoms. The van der Waals surface area contributed by atoms with Gasteiger partial charge in [0.25, 0.3) is 0 Å². The lowest BCUT2D eigenvalue weighted by Crippen LogP contribution is -2.28. The molecule has 2 atom stereocenters. The minimum absolute atomic E-state index is 0.0919. The van der Waals surface area contributed by atoms with Crippen molar-refractivity contribution in [3.05, 3.63) is 12.2 Å². The molecule has 0 radical (unpaired) electrons. The maximum Gasteiger partial charge on any atom is 0.472 e. The van der Waals surface area contributed by atoms with E-state index in [1.165, 1.54) is 205 Å². The molecule has 0 aliphatic carbocycles. The summed E-state index contributed by atoms with van der Waals surface area (Å²) < 4.78 is 33.6. The maximum absolute atomic E-state index is 12.6. The number of phosphoric ester groups is 1. The third kappa shape index (κ3) is 46.3. The number of rotatable bonds is 49. The van der Waals surface area contributed by atoms with Crippen LogP contribution in [-0.2, 0) is 27.9 Å². The van der Waals surface area contributed by atoms with Gasteiger partial charge in [-0.25, -0.2) is 4.57 Å². The Morgan fingerprint density at radius 2 is 0.862 bits per heavy atom. The van der Waals surface area contributed by atoms with Crippen molar-refractivity contribution in [2.45, 2.75) is 264 Å². The smallest absolute Gasteiger partial charge is 0.457 e. The van der Waals surface area contributed by atoms with E-state index in [2.05, 4.69) is 26.0 Å². The largest absolute Gasteiger partial charge is 0.472 e. The molecular formula is C49H98NO7P. The number of esters is 1. The summed E-state index contributed by atoms with van der Waals surface area (Å²) in [6, 6.07) is 0. The first kappa shape index (κ1) is 57.2. The predicted molar refractivity (Wildman–Crippen MR) is 247 cm³/mol. The lowest BCUT2D eigenvalue weighted by atomic mass is 10.0. The summed E-state index contributed by atoms with van der Waals surface area (Å²) in [5, 5.41) is 0. The van der Waals surface area contributed by atoms with Gasteiger partial charge in [-0.05, 0) is 38.5 Å². The van der Waals surface area contributed by atoms with E-state index >= 15 is 0 Å². The van der Waals surface area contributed by atoms with Crippen LogP contribution in [0.3, 0.4) is 0 Å². The summed E-state index contributed by atoms with van der Waals surface area (Å²) in [7, 11) is -4.28. The van der Waals surface area contributed by atoms with E-state index in [9.17, 15) is 14.3 Å². The highest BCUT2D eigenvalue weighted by atomic mass is 31.2. The van der Waals surface area contributed by atoms with E-state index in [1.807, 2.05) is 0 Å². The van der Waals surface area contributed by atoms with Crippen molar-refractivity contribution in [2.75, 3.05) is 33.0 Å². The number of ether oxygens (including phenoxy) is 2. The third-order valence-corrected chi connectivity index (χ3v) is 12.2. The van der Waals surface area contributed by atoms with Gasteiger partial charge in [0.05, 0.1) is 19.8 Å². The molecule has 9 heteroatoms. The molecule has 0 aliphatic heterocycles. The number of carbonyl (C=O) groups excluding carboxylic acids is 1. The minimum Gasteiger partial charge on any atom is -0.457 e. The highest BCUT2D eigenvalue weighted by Gasteiger charge is 2.25. The molecule has 58 heavy (non-hydrogen) atoms. The van der Waals surface area contributed by atoms with Gasteiger partial charge in [0.2, 0.25) is 0 Å². The quantitative estimate of drug-likeness (QED) is 0.0269. The Kier molecular flexibility index (Phi) is 46.7. The second-order valence-corrected chi connectivity index (χ2v) is 18.5. The van der Waals surface area contributed by atoms with Crippen LogP contribution in [0.15, 0.2) is 12.2 Å². The Labute approximate surface area is 360 Å². The van der Waals surface area contributed by atoms with Crippen LogP contribution in [0.2, 0.25) is 0 Å². The second kappa shape index (κ2) is 47.3. The van der Waals surface area contributed by atoms with Crippen LogP contribution < -0.4 is 5.73 Å². The van der Waals surface area contributed by atoms with Gasteiger partial charge < -0.3 is 20.1 Å². The summed E-state index contributed by atoms with van der Waals surface area (Å²) in [4.78, 5) is 22.6. The van der Waals surface area contributed by atoms with Crippen molar-refractivity contribution in [2.24, 2.45) is 5.73 Å². The van der Waals surface area contributed by atoms with E-state index in [0.29, 0.717) is 13.0 Å². The van der Waals surface area contributed by atoms with E-state index in [1.54, 1.807) is 0 Å². The first-order chi connectivity index (χ1) is 28.4. The number of carbonyl (C=O) groups is 1. The summed E-state index contributed by atoms with van der Waals surface area (Å²) in [5.74, 6) is -0.324. The summed E-state index contributed by atoms with van der Waals surface area (Å²) >= 11 is 0. The Hall–Kier alpha value is -0.760. The fraction of sp³-hybridized carbons (Fsp3) is 0.939. The average Bonchev–Trinajstić information content (AvgIpc) is 3.21. The predicted octanol–water partition coefficient (Wildman–Crippen LogP) is 15.4. The standard InChI is InChI=1S/C49H98NO7P/c1-3-5-7-9-11-13-15-17-19-21-23-25-27-29-31-33-35-37-39-41-44-54-46-48(47-56-58(52,53)55-45-43-50)57-49(51)42-40-38-36-34-32-30-28-26-24-22-20-18-16-14-12-10-8-6-4-2/h17,19,48H,3-16,18,20-47,50H2,1-2H3,(H,52,53)/b19-17-. The van der Waals surface area contributed by atoms with E-state index in [0.717, 1.165) is 32.1 Å². The second-order valence-electron chi connectivity index (χ2n) is 17.0. The molecule has 2 unspecified atom stereocenters. The van der Waals surface area contributed by atoms with Crippen molar-refractivity contribution in [1.82, 2.24) is 0 Å². The first-order valence-electron chi connectivity index (χ1n) is 25.2. The molecule has 3 N–H and O–H groups in total. The molecule has 0 rings (SSSR count). The van der Waals surface area contributed by atoms with Crippen LogP contribution in [0.1, 0.15) is 258 Å². The minimum atomic E-state index is -4.28. The lowest BCUT2D eigenvalue weighted by Gasteiger charge is -2.20. The highest BCUT2D eigenvalue weighted by Crippen LogP contribution is 2.43. The normalized spacial score (nSPS) is 13.4. The number of phosphoric acid groups is 1. The number of unbranched alkanes of at least 4 members (excludes halogenated alkanes) is 34. The van der Waals surface area contributed by atoms with E-state index < -0.39 is 13.9 Å². The van der Waals surface area contributed by atoms with Gasteiger partial charge in [-0.3, -0.25) is 13.8 Å². The molecule has 0 amide bonds. The van der Waals surface area contributed by atoms with Crippen molar-refractivity contribution >= 4 is 13.8 Å². The zero-order chi connectivity index (χ0) is 42.3. The fourth-order valence-electron chi connectivity index (χ4n) is 7.46. The molecule has 0 aromatic carbocycles. The van der Waals surface area contributed by atoms with Gasteiger partial charge in [0, 0.05) is 19.6 Å². The Morgan fingerprint density at radius 1 is 0.500 bits per heavy atom. The number of hydrogen-bond acceptors (Lipinski definition) is 7. The first-order valence-corrected chi connectivity index (χ1v) is 26.7. The Balaban J connectivity index is 3.91. The van der Waals surface area contributed by atoms with Crippen molar-refractivity contribution in [1.29, 1.82) is 0 Å². The SMILES string of the molecule is CCCCCCCC/C=C\CCCCCCCCCCCCOCC(COP(=O)(O)OCCN)OC(=O)CCCCCCCCCCCCCCCCCCCCC. The van der Waals surface area contributed by atoms with Crippen LogP contribution in [0.5, 0.6) is 0 Å². The average molecular weight is 844 g/mol. The number of allylic oxidation sites excluding steroid dienone is 2. The van der Waals surface area contributed by atoms with Gasteiger partial charge in [0.15, 0.2) is 0 Å². The zero-order valence-corrected chi connectivity index (χ0v) is 39.5. The number of nitrogens with two attached hydrogens (primary N) is 1. The monoisotopic (exact) mass is 844 g/mol. The van der Waals surface area contributed by atoms with Gasteiger partial charge in [-0.1, -0.05) is 225 Å². The molecular weight excluding hydrogens is 746 g/mol. The lowest BCUT2D eigenvalue weighted by molar-refractivity contribution is -0.154. The van der Waals surface area contributed by atoms with E-state index in [4.69, 9.17) is 24.3 Å². The number of hydrogen-bond donors (Lipinski definition) is 2. The third-order valence-electron chi connectivity index (χ3n) is 11.2. The molecule has 0 heterocycles. The van der Waals surface area contributed by atoms with Crippen LogP contribution >= 0.6 is 7.82 Å². The molecule has 0 saturated carbocycles. The molecule has 0 aromatic rings. The molecule has 0 fully saturated rings. The Morgan fingerprint density at radius 3 is 1.26 bits per heavy atom. The molecule has 0 saturated heterocycles. The van der Waals surface area contributed by atoms with Crippen LogP contribution in [0.4, 0.5) is 0 Å². The van der Waals surface area contributed by atoms with Crippen molar-refractivity contribution in [3.63, 3.8) is 0 Å². The fourth-order valence-corrected chi connectivity index (χ4v) is 8.23.